The van der Waals surface area contributed by atoms with E-state index in [0.717, 1.165) is 39.4 Å². The van der Waals surface area contributed by atoms with Gasteiger partial charge in [-0.2, -0.15) is 4.98 Å². The lowest BCUT2D eigenvalue weighted by atomic mass is 10.2. The minimum Gasteiger partial charge on any atom is -0.377 e. The molecule has 1 saturated heterocycles. The van der Waals surface area contributed by atoms with Gasteiger partial charge in [0.15, 0.2) is 5.82 Å². The highest BCUT2D eigenvalue weighted by Gasteiger charge is 2.24. The molecule has 2 aromatic heterocycles. The molecule has 7 heteroatoms. The second-order valence-electron chi connectivity index (χ2n) is 4.19. The summed E-state index contributed by atoms with van der Waals surface area (Å²) in [7, 11) is 0. The lowest BCUT2D eigenvalue weighted by Crippen LogP contribution is -2.44. The van der Waals surface area contributed by atoms with Crippen LogP contribution < -0.4 is 4.90 Å². The predicted octanol–water partition coefficient (Wildman–Crippen LogP) is 3.17. The van der Waals surface area contributed by atoms with E-state index < -0.39 is 0 Å². The maximum absolute atomic E-state index is 6.04. The van der Waals surface area contributed by atoms with Crippen LogP contribution in [0.4, 0.5) is 5.82 Å². The molecule has 0 aliphatic carbocycles. The summed E-state index contributed by atoms with van der Waals surface area (Å²) in [6.45, 7) is 4.44. The van der Waals surface area contributed by atoms with Crippen LogP contribution in [-0.4, -0.2) is 35.8 Å². The van der Waals surface area contributed by atoms with Crippen molar-refractivity contribution in [2.24, 2.45) is 0 Å². The monoisotopic (exact) mass is 395 g/mol. The van der Waals surface area contributed by atoms with E-state index >= 15 is 0 Å². The number of nitrogens with zero attached hydrogens (tertiary/aromatic N) is 3. The average Bonchev–Trinajstić information content (AvgIpc) is 2.71. The Morgan fingerprint density at radius 2 is 2.39 bits per heavy atom. The molecule has 3 heterocycles. The van der Waals surface area contributed by atoms with Gasteiger partial charge in [0, 0.05) is 11.9 Å². The first-order valence-corrected chi connectivity index (χ1v) is 7.95. The molecule has 0 radical (unpaired) electrons. The number of fused-ring (bicyclic) bond motifs is 1. The van der Waals surface area contributed by atoms with E-state index in [0.29, 0.717) is 11.3 Å². The lowest BCUT2D eigenvalue weighted by molar-refractivity contribution is 0.0987. The topological polar surface area (TPSA) is 38.2 Å². The molecule has 0 N–H and O–H groups in total. The van der Waals surface area contributed by atoms with Gasteiger partial charge < -0.3 is 9.64 Å². The van der Waals surface area contributed by atoms with E-state index in [2.05, 4.69) is 49.8 Å². The number of morpholine rings is 1. The Hall–Kier alpha value is -0.180. The zero-order valence-corrected chi connectivity index (χ0v) is 13.4. The van der Waals surface area contributed by atoms with Crippen LogP contribution >= 0.6 is 45.5 Å². The van der Waals surface area contributed by atoms with Crippen molar-refractivity contribution in [1.82, 2.24) is 9.97 Å². The maximum Gasteiger partial charge on any atom is 0.225 e. The smallest absolute Gasteiger partial charge is 0.225 e. The van der Waals surface area contributed by atoms with Crippen molar-refractivity contribution in [1.29, 1.82) is 0 Å². The van der Waals surface area contributed by atoms with Crippen molar-refractivity contribution < 1.29 is 4.74 Å². The van der Waals surface area contributed by atoms with Crippen molar-refractivity contribution in [3.63, 3.8) is 0 Å². The number of anilines is 1. The van der Waals surface area contributed by atoms with Gasteiger partial charge in [0.2, 0.25) is 5.28 Å². The van der Waals surface area contributed by atoms with Crippen LogP contribution in [0.25, 0.3) is 10.2 Å². The summed E-state index contributed by atoms with van der Waals surface area (Å²) in [6, 6.07) is 0.313. The number of halogens is 2. The first-order chi connectivity index (χ1) is 8.66. The molecule has 1 aliphatic rings. The van der Waals surface area contributed by atoms with E-state index in [1.54, 1.807) is 11.3 Å². The number of hydrogen-bond acceptors (Lipinski definition) is 5. The van der Waals surface area contributed by atoms with Crippen LogP contribution in [-0.2, 0) is 4.74 Å². The molecule has 96 valence electrons. The van der Waals surface area contributed by atoms with Crippen LogP contribution in [0.15, 0.2) is 5.38 Å². The summed E-state index contributed by atoms with van der Waals surface area (Å²) >= 11 is 9.99. The number of thiophene rings is 1. The van der Waals surface area contributed by atoms with Gasteiger partial charge in [-0.3, -0.25) is 0 Å². The van der Waals surface area contributed by atoms with Gasteiger partial charge in [0.1, 0.15) is 5.52 Å². The fourth-order valence-corrected chi connectivity index (χ4v) is 4.07. The molecule has 3 rings (SSSR count). The van der Waals surface area contributed by atoms with Crippen LogP contribution in [0.3, 0.4) is 0 Å². The fraction of sp³-hybridized carbons (Fsp3) is 0.455. The van der Waals surface area contributed by atoms with E-state index in [-0.39, 0.29) is 0 Å². The van der Waals surface area contributed by atoms with Gasteiger partial charge in [-0.1, -0.05) is 0 Å². The van der Waals surface area contributed by atoms with Gasteiger partial charge in [-0.05, 0) is 41.1 Å². The first-order valence-electron chi connectivity index (χ1n) is 5.61. The summed E-state index contributed by atoms with van der Waals surface area (Å²) in [5.41, 5.74) is 0.953. The maximum atomic E-state index is 6.04. The fourth-order valence-electron chi connectivity index (χ4n) is 2.09. The highest BCUT2D eigenvalue weighted by Crippen LogP contribution is 2.34. The van der Waals surface area contributed by atoms with Crippen molar-refractivity contribution in [3.05, 3.63) is 14.2 Å². The van der Waals surface area contributed by atoms with Crippen LogP contribution in [0.1, 0.15) is 6.92 Å². The second-order valence-corrected chi connectivity index (χ2v) is 6.57. The number of hydrogen-bond donors (Lipinski definition) is 0. The SMILES string of the molecule is C[C@@H]1COCCN1c1nc(Cl)nc2c(I)csc12. The number of ether oxygens (including phenoxy) is 1. The summed E-state index contributed by atoms with van der Waals surface area (Å²) < 4.78 is 7.70. The third-order valence-electron chi connectivity index (χ3n) is 2.97. The van der Waals surface area contributed by atoms with Crippen LogP contribution in [0, 0.1) is 3.57 Å². The Morgan fingerprint density at radius 1 is 1.56 bits per heavy atom. The zero-order chi connectivity index (χ0) is 12.7. The Kier molecular flexibility index (Phi) is 3.61. The van der Waals surface area contributed by atoms with Crippen LogP contribution in [0.5, 0.6) is 0 Å². The van der Waals surface area contributed by atoms with E-state index in [1.807, 2.05) is 0 Å². The molecule has 1 fully saturated rings. The number of aromatic nitrogens is 2. The molecule has 1 aliphatic heterocycles. The Bertz CT molecular complexity index is 591. The third-order valence-corrected chi connectivity index (χ3v) is 5.35. The highest BCUT2D eigenvalue weighted by molar-refractivity contribution is 14.1. The van der Waals surface area contributed by atoms with Crippen molar-refractivity contribution in [2.45, 2.75) is 13.0 Å². The molecular formula is C11H11ClIN3OS. The average molecular weight is 396 g/mol. The van der Waals surface area contributed by atoms with Gasteiger partial charge in [0.05, 0.1) is 27.5 Å². The van der Waals surface area contributed by atoms with Crippen molar-refractivity contribution in [2.75, 3.05) is 24.7 Å². The molecule has 0 bridgehead atoms. The Balaban J connectivity index is 2.15. The molecule has 1 atom stereocenters. The molecule has 2 aromatic rings. The van der Waals surface area contributed by atoms with Gasteiger partial charge in [-0.25, -0.2) is 4.98 Å². The molecular weight excluding hydrogens is 385 g/mol. The Morgan fingerprint density at radius 3 is 3.17 bits per heavy atom. The predicted molar refractivity (Wildman–Crippen MR) is 82.8 cm³/mol. The minimum absolute atomic E-state index is 0.313. The first kappa shape index (κ1) is 12.8. The number of rotatable bonds is 1. The van der Waals surface area contributed by atoms with Gasteiger partial charge in [-0.15, -0.1) is 11.3 Å². The summed E-state index contributed by atoms with van der Waals surface area (Å²) in [4.78, 5) is 11.0. The molecule has 0 aromatic carbocycles. The van der Waals surface area contributed by atoms with Crippen molar-refractivity contribution >= 4 is 61.6 Å². The van der Waals surface area contributed by atoms with E-state index in [9.17, 15) is 0 Å². The molecule has 0 unspecified atom stereocenters. The molecule has 0 spiro atoms. The molecule has 0 amide bonds. The highest BCUT2D eigenvalue weighted by atomic mass is 127. The van der Waals surface area contributed by atoms with Gasteiger partial charge >= 0.3 is 0 Å². The molecule has 4 nitrogen and oxygen atoms in total. The summed E-state index contributed by atoms with van der Waals surface area (Å²) in [5.74, 6) is 0.939. The van der Waals surface area contributed by atoms with Crippen LogP contribution in [0.2, 0.25) is 5.28 Å². The molecule has 0 saturated carbocycles. The summed E-state index contributed by atoms with van der Waals surface area (Å²) in [5, 5.41) is 2.40. The lowest BCUT2D eigenvalue weighted by Gasteiger charge is -2.34. The van der Waals surface area contributed by atoms with E-state index in [4.69, 9.17) is 16.3 Å². The molecule has 18 heavy (non-hydrogen) atoms. The summed E-state index contributed by atoms with van der Waals surface area (Å²) in [6.07, 6.45) is 0. The largest absolute Gasteiger partial charge is 0.377 e. The quantitative estimate of drug-likeness (QED) is 0.549. The standard InChI is InChI=1S/C11H11ClIN3OS/c1-6-4-17-3-2-16(6)10-9-8(7(13)5-18-9)14-11(12)15-10/h5-6H,2-4H2,1H3/t6-/m1/s1. The zero-order valence-electron chi connectivity index (χ0n) is 9.69. The Labute approximate surface area is 127 Å². The van der Waals surface area contributed by atoms with Crippen molar-refractivity contribution in [3.8, 4) is 0 Å². The second kappa shape index (κ2) is 5.07. The minimum atomic E-state index is 0.313. The third kappa shape index (κ3) is 2.19. The normalized spacial score (nSPS) is 20.6. The van der Waals surface area contributed by atoms with E-state index in [1.165, 1.54) is 0 Å². The van der Waals surface area contributed by atoms with Gasteiger partial charge in [0.25, 0.3) is 0 Å².